The first-order chi connectivity index (χ1) is 12.2. The molecule has 150 valence electrons. The normalized spacial score (nSPS) is 24.8. The zero-order valence-electron chi connectivity index (χ0n) is 16.1. The van der Waals surface area contributed by atoms with E-state index in [4.69, 9.17) is 4.74 Å². The highest BCUT2D eigenvalue weighted by atomic mass is 19.4. The number of aliphatic hydroxyl groups is 1. The van der Waals surface area contributed by atoms with E-state index in [1.807, 2.05) is 0 Å². The van der Waals surface area contributed by atoms with Crippen LogP contribution in [0.1, 0.15) is 56.7 Å². The van der Waals surface area contributed by atoms with Crippen LogP contribution in [0.5, 0.6) is 0 Å². The lowest BCUT2D eigenvalue weighted by Gasteiger charge is -2.48. The van der Waals surface area contributed by atoms with E-state index in [9.17, 15) is 23.1 Å². The number of rotatable bonds is 1. The summed E-state index contributed by atoms with van der Waals surface area (Å²) >= 11 is 0. The molecule has 1 atom stereocenters. The second-order valence-corrected chi connectivity index (χ2v) is 9.02. The predicted octanol–water partition coefficient (Wildman–Crippen LogP) is 4.62. The molecule has 0 radical (unpaired) electrons. The van der Waals surface area contributed by atoms with Crippen LogP contribution in [-0.2, 0) is 16.5 Å². The SMILES string of the molecule is Cc1c(C(F)(F)F)cccc1[C@@]1(O)CCC2(CN(C(=O)OC(C)(C)C)C2)C1. The van der Waals surface area contributed by atoms with Crippen LogP contribution < -0.4 is 0 Å². The fourth-order valence-electron chi connectivity index (χ4n) is 4.43. The average molecular weight is 385 g/mol. The van der Waals surface area contributed by atoms with Crippen LogP contribution in [0, 0.1) is 12.3 Å². The van der Waals surface area contributed by atoms with Crippen molar-refractivity contribution in [1.29, 1.82) is 0 Å². The van der Waals surface area contributed by atoms with Gasteiger partial charge < -0.3 is 14.7 Å². The molecule has 4 nitrogen and oxygen atoms in total. The van der Waals surface area contributed by atoms with Gasteiger partial charge in [-0.25, -0.2) is 4.79 Å². The first kappa shape index (κ1) is 20.0. The van der Waals surface area contributed by atoms with E-state index in [0.29, 0.717) is 37.9 Å². The molecule has 1 aromatic rings. The van der Waals surface area contributed by atoms with E-state index < -0.39 is 22.9 Å². The smallest absolute Gasteiger partial charge is 0.416 e. The van der Waals surface area contributed by atoms with Gasteiger partial charge in [0.1, 0.15) is 5.60 Å². The monoisotopic (exact) mass is 385 g/mol. The number of amides is 1. The van der Waals surface area contributed by atoms with Crippen LogP contribution in [0.4, 0.5) is 18.0 Å². The van der Waals surface area contributed by atoms with Crippen LogP contribution >= 0.6 is 0 Å². The first-order valence-electron chi connectivity index (χ1n) is 9.12. The Morgan fingerprint density at radius 1 is 1.19 bits per heavy atom. The van der Waals surface area contributed by atoms with Gasteiger partial charge >= 0.3 is 12.3 Å². The van der Waals surface area contributed by atoms with Gasteiger partial charge in [-0.05, 0) is 64.2 Å². The van der Waals surface area contributed by atoms with Crippen molar-refractivity contribution < 1.29 is 27.8 Å². The summed E-state index contributed by atoms with van der Waals surface area (Å²) in [6.45, 7) is 7.72. The van der Waals surface area contributed by atoms with E-state index in [2.05, 4.69) is 0 Å². The Bertz CT molecular complexity index is 748. The molecule has 3 rings (SSSR count). The third-order valence-electron chi connectivity index (χ3n) is 5.58. The van der Waals surface area contributed by atoms with Crippen molar-refractivity contribution in [2.75, 3.05) is 13.1 Å². The van der Waals surface area contributed by atoms with Crippen molar-refractivity contribution in [3.05, 3.63) is 34.9 Å². The van der Waals surface area contributed by atoms with Crippen molar-refractivity contribution in [3.63, 3.8) is 0 Å². The highest BCUT2D eigenvalue weighted by Gasteiger charge is 2.56. The molecule has 1 saturated carbocycles. The molecule has 1 amide bonds. The maximum absolute atomic E-state index is 13.2. The summed E-state index contributed by atoms with van der Waals surface area (Å²) in [6.07, 6.45) is -3.44. The molecule has 1 heterocycles. The summed E-state index contributed by atoms with van der Waals surface area (Å²) in [7, 11) is 0. The molecule has 0 bridgehead atoms. The second-order valence-electron chi connectivity index (χ2n) is 9.02. The number of carbonyl (C=O) groups is 1. The van der Waals surface area contributed by atoms with Gasteiger partial charge in [-0.3, -0.25) is 0 Å². The Balaban J connectivity index is 1.74. The minimum atomic E-state index is -4.45. The molecule has 2 aliphatic rings. The summed E-state index contributed by atoms with van der Waals surface area (Å²) in [4.78, 5) is 13.7. The Kier molecular flexibility index (Phi) is 4.53. The number of hydrogen-bond donors (Lipinski definition) is 1. The third-order valence-corrected chi connectivity index (χ3v) is 5.58. The molecule has 7 heteroatoms. The van der Waals surface area contributed by atoms with Crippen molar-refractivity contribution in [2.45, 2.75) is 64.3 Å². The Labute approximate surface area is 157 Å². The van der Waals surface area contributed by atoms with Crippen LogP contribution in [0.15, 0.2) is 18.2 Å². The zero-order valence-corrected chi connectivity index (χ0v) is 16.1. The summed E-state index contributed by atoms with van der Waals surface area (Å²) in [6, 6.07) is 3.97. The van der Waals surface area contributed by atoms with E-state index in [0.717, 1.165) is 6.07 Å². The lowest BCUT2D eigenvalue weighted by atomic mass is 9.75. The van der Waals surface area contributed by atoms with Gasteiger partial charge in [0.15, 0.2) is 0 Å². The first-order valence-corrected chi connectivity index (χ1v) is 9.12. The van der Waals surface area contributed by atoms with Gasteiger partial charge in [-0.1, -0.05) is 12.1 Å². The van der Waals surface area contributed by atoms with E-state index in [-0.39, 0.29) is 17.1 Å². The molecule has 1 saturated heterocycles. The summed E-state index contributed by atoms with van der Waals surface area (Å²) in [5.74, 6) is 0. The molecule has 1 spiro atoms. The number of carbonyl (C=O) groups excluding carboxylic acids is 1. The van der Waals surface area contributed by atoms with Crippen LogP contribution in [0.25, 0.3) is 0 Å². The van der Waals surface area contributed by atoms with Gasteiger partial charge in [0.2, 0.25) is 0 Å². The summed E-state index contributed by atoms with van der Waals surface area (Å²) in [5, 5.41) is 11.1. The van der Waals surface area contributed by atoms with E-state index in [1.165, 1.54) is 13.0 Å². The summed E-state index contributed by atoms with van der Waals surface area (Å²) in [5.41, 5.74) is -2.43. The number of benzene rings is 1. The fourth-order valence-corrected chi connectivity index (χ4v) is 4.43. The fraction of sp³-hybridized carbons (Fsp3) is 0.650. The zero-order chi connectivity index (χ0) is 20.3. The molecule has 1 N–H and O–H groups in total. The lowest BCUT2D eigenvalue weighted by molar-refractivity contribution is -0.138. The molecule has 2 fully saturated rings. The maximum Gasteiger partial charge on any atom is 0.416 e. The Morgan fingerprint density at radius 2 is 1.81 bits per heavy atom. The predicted molar refractivity (Wildman–Crippen MR) is 94.2 cm³/mol. The Morgan fingerprint density at radius 3 is 2.37 bits per heavy atom. The number of likely N-dealkylation sites (tertiary alicyclic amines) is 1. The van der Waals surface area contributed by atoms with Crippen molar-refractivity contribution in [2.24, 2.45) is 5.41 Å². The second kappa shape index (κ2) is 6.12. The van der Waals surface area contributed by atoms with Gasteiger partial charge in [-0.15, -0.1) is 0 Å². The molecule has 1 aliphatic carbocycles. The molecule has 0 unspecified atom stereocenters. The van der Waals surface area contributed by atoms with Crippen molar-refractivity contribution in [3.8, 4) is 0 Å². The van der Waals surface area contributed by atoms with Crippen molar-refractivity contribution >= 4 is 6.09 Å². The number of alkyl halides is 3. The number of halogens is 3. The van der Waals surface area contributed by atoms with Gasteiger partial charge in [0.05, 0.1) is 11.2 Å². The number of ether oxygens (including phenoxy) is 1. The molecular formula is C20H26F3NO3. The van der Waals surface area contributed by atoms with Gasteiger partial charge in [0.25, 0.3) is 0 Å². The Hall–Kier alpha value is -1.76. The minimum Gasteiger partial charge on any atom is -0.444 e. The van der Waals surface area contributed by atoms with Crippen LogP contribution in [0.3, 0.4) is 0 Å². The standard InChI is InChI=1S/C20H26F3NO3/c1-13-14(6-5-7-15(13)20(21,22)23)19(26)9-8-18(10-19)11-24(12-18)16(25)27-17(2,3)4/h5-7,26H,8-12H2,1-4H3/t19-/m1/s1. The van der Waals surface area contributed by atoms with Gasteiger partial charge in [0, 0.05) is 18.5 Å². The minimum absolute atomic E-state index is 0.0767. The lowest BCUT2D eigenvalue weighted by Crippen LogP contribution is -2.58. The largest absolute Gasteiger partial charge is 0.444 e. The van der Waals surface area contributed by atoms with E-state index >= 15 is 0 Å². The van der Waals surface area contributed by atoms with E-state index in [1.54, 1.807) is 31.7 Å². The molecular weight excluding hydrogens is 359 g/mol. The quantitative estimate of drug-likeness (QED) is 0.767. The molecule has 0 aromatic heterocycles. The summed E-state index contributed by atoms with van der Waals surface area (Å²) < 4.78 is 45.0. The van der Waals surface area contributed by atoms with Crippen LogP contribution in [0.2, 0.25) is 0 Å². The highest BCUT2D eigenvalue weighted by molar-refractivity contribution is 5.69. The van der Waals surface area contributed by atoms with Crippen LogP contribution in [-0.4, -0.2) is 34.8 Å². The maximum atomic E-state index is 13.2. The topological polar surface area (TPSA) is 49.8 Å². The third kappa shape index (κ3) is 3.79. The molecule has 1 aliphatic heterocycles. The highest BCUT2D eigenvalue weighted by Crippen LogP contribution is 2.55. The number of nitrogens with zero attached hydrogens (tertiary/aromatic N) is 1. The number of hydrogen-bond acceptors (Lipinski definition) is 3. The molecule has 1 aromatic carbocycles. The molecule has 27 heavy (non-hydrogen) atoms. The van der Waals surface area contributed by atoms with Gasteiger partial charge in [-0.2, -0.15) is 13.2 Å². The average Bonchev–Trinajstić information content (AvgIpc) is 2.82. The van der Waals surface area contributed by atoms with Crippen molar-refractivity contribution in [1.82, 2.24) is 4.90 Å².